The summed E-state index contributed by atoms with van der Waals surface area (Å²) >= 11 is 0. The maximum atomic E-state index is 12.6. The zero-order valence-electron chi connectivity index (χ0n) is 13.1. The van der Waals surface area contributed by atoms with Gasteiger partial charge in [-0.05, 0) is 31.4 Å². The van der Waals surface area contributed by atoms with E-state index < -0.39 is 0 Å². The summed E-state index contributed by atoms with van der Waals surface area (Å²) < 4.78 is 2.08. The molecule has 0 radical (unpaired) electrons. The van der Waals surface area contributed by atoms with Crippen LogP contribution in [0.25, 0.3) is 11.5 Å². The number of hydrogen-bond donors (Lipinski definition) is 2. The van der Waals surface area contributed by atoms with Crippen LogP contribution in [0.5, 0.6) is 0 Å². The van der Waals surface area contributed by atoms with E-state index in [0.29, 0.717) is 17.1 Å². The number of imidazole rings is 2. The standard InChI is InChI=1S/C17H18N6O/c24-17(12-4-5-19-14(10-12)16-20-6-7-21-16)22-13-2-1-3-15(13)23-9-8-18-11-23/h4-11,13,15H,1-3H2,(H,20,21)(H,22,24)/t13-,15+/m1/s1. The third-order valence-electron chi connectivity index (χ3n) is 4.47. The van der Waals surface area contributed by atoms with Gasteiger partial charge in [-0.1, -0.05) is 0 Å². The van der Waals surface area contributed by atoms with Crippen molar-refractivity contribution >= 4 is 5.91 Å². The summed E-state index contributed by atoms with van der Waals surface area (Å²) in [6.45, 7) is 0. The van der Waals surface area contributed by atoms with Crippen molar-refractivity contribution in [1.82, 2.24) is 29.8 Å². The van der Waals surface area contributed by atoms with Crippen LogP contribution in [0.1, 0.15) is 35.7 Å². The molecule has 122 valence electrons. The molecule has 0 aliphatic heterocycles. The highest BCUT2D eigenvalue weighted by molar-refractivity contribution is 5.95. The molecule has 3 heterocycles. The summed E-state index contributed by atoms with van der Waals surface area (Å²) in [6, 6.07) is 3.87. The summed E-state index contributed by atoms with van der Waals surface area (Å²) in [7, 11) is 0. The summed E-state index contributed by atoms with van der Waals surface area (Å²) in [5.74, 6) is 0.573. The Hall–Kier alpha value is -2.96. The lowest BCUT2D eigenvalue weighted by Crippen LogP contribution is -2.38. The Morgan fingerprint density at radius 2 is 2.21 bits per heavy atom. The Morgan fingerprint density at radius 1 is 1.25 bits per heavy atom. The lowest BCUT2D eigenvalue weighted by atomic mass is 10.1. The summed E-state index contributed by atoms with van der Waals surface area (Å²) in [6.07, 6.45) is 13.7. The van der Waals surface area contributed by atoms with Crippen molar-refractivity contribution in [2.75, 3.05) is 0 Å². The largest absolute Gasteiger partial charge is 0.347 e. The van der Waals surface area contributed by atoms with Crippen molar-refractivity contribution in [2.24, 2.45) is 0 Å². The van der Waals surface area contributed by atoms with E-state index in [4.69, 9.17) is 0 Å². The first kappa shape index (κ1) is 14.6. The normalized spacial score (nSPS) is 20.2. The van der Waals surface area contributed by atoms with Gasteiger partial charge in [-0.3, -0.25) is 9.78 Å². The van der Waals surface area contributed by atoms with Crippen LogP contribution in [0.4, 0.5) is 0 Å². The number of amides is 1. The molecule has 3 aromatic rings. The van der Waals surface area contributed by atoms with Crippen molar-refractivity contribution in [2.45, 2.75) is 31.3 Å². The molecule has 24 heavy (non-hydrogen) atoms. The molecule has 1 aliphatic rings. The Bertz CT molecular complexity index is 811. The van der Waals surface area contributed by atoms with Gasteiger partial charge in [0.25, 0.3) is 5.91 Å². The summed E-state index contributed by atoms with van der Waals surface area (Å²) in [5.41, 5.74) is 1.25. The van der Waals surface area contributed by atoms with E-state index in [-0.39, 0.29) is 18.0 Å². The van der Waals surface area contributed by atoms with E-state index >= 15 is 0 Å². The van der Waals surface area contributed by atoms with E-state index in [1.165, 1.54) is 0 Å². The van der Waals surface area contributed by atoms with Gasteiger partial charge >= 0.3 is 0 Å². The molecule has 2 N–H and O–H groups in total. The number of rotatable bonds is 4. The minimum absolute atomic E-state index is 0.0813. The van der Waals surface area contributed by atoms with E-state index in [2.05, 4.69) is 29.8 Å². The number of H-pyrrole nitrogens is 1. The van der Waals surface area contributed by atoms with Crippen LogP contribution in [0.2, 0.25) is 0 Å². The smallest absolute Gasteiger partial charge is 0.251 e. The molecule has 1 saturated carbocycles. The van der Waals surface area contributed by atoms with Crippen LogP contribution in [0, 0.1) is 0 Å². The first-order valence-electron chi connectivity index (χ1n) is 8.05. The third-order valence-corrected chi connectivity index (χ3v) is 4.47. The monoisotopic (exact) mass is 322 g/mol. The van der Waals surface area contributed by atoms with Gasteiger partial charge in [0.05, 0.1) is 12.4 Å². The minimum Gasteiger partial charge on any atom is -0.347 e. The van der Waals surface area contributed by atoms with Crippen molar-refractivity contribution in [1.29, 1.82) is 0 Å². The topological polar surface area (TPSA) is 88.5 Å². The molecule has 0 aromatic carbocycles. The zero-order chi connectivity index (χ0) is 16.4. The lowest BCUT2D eigenvalue weighted by Gasteiger charge is -2.22. The Labute approximate surface area is 139 Å². The number of carbonyl (C=O) groups is 1. The highest BCUT2D eigenvalue weighted by atomic mass is 16.1. The van der Waals surface area contributed by atoms with Gasteiger partial charge in [0.2, 0.25) is 0 Å². The first-order valence-corrected chi connectivity index (χ1v) is 8.05. The fourth-order valence-electron chi connectivity index (χ4n) is 3.29. The zero-order valence-corrected chi connectivity index (χ0v) is 13.1. The second-order valence-electron chi connectivity index (χ2n) is 5.96. The van der Waals surface area contributed by atoms with Crippen molar-refractivity contribution in [3.05, 3.63) is 55.0 Å². The fourth-order valence-corrected chi connectivity index (χ4v) is 3.29. The van der Waals surface area contributed by atoms with Gasteiger partial charge in [0.1, 0.15) is 5.69 Å². The Balaban J connectivity index is 1.51. The van der Waals surface area contributed by atoms with Crippen LogP contribution >= 0.6 is 0 Å². The van der Waals surface area contributed by atoms with Gasteiger partial charge in [-0.2, -0.15) is 0 Å². The van der Waals surface area contributed by atoms with Crippen molar-refractivity contribution < 1.29 is 4.79 Å². The highest BCUT2D eigenvalue weighted by Crippen LogP contribution is 2.30. The Morgan fingerprint density at radius 3 is 3.00 bits per heavy atom. The van der Waals surface area contributed by atoms with Gasteiger partial charge in [-0.15, -0.1) is 0 Å². The molecule has 3 aromatic heterocycles. The highest BCUT2D eigenvalue weighted by Gasteiger charge is 2.29. The number of aromatic amines is 1. The molecule has 7 heteroatoms. The average Bonchev–Trinajstić information content (AvgIpc) is 3.36. The molecule has 0 bridgehead atoms. The molecule has 1 fully saturated rings. The molecule has 1 amide bonds. The van der Waals surface area contributed by atoms with E-state index in [1.807, 2.05) is 12.5 Å². The SMILES string of the molecule is O=C(N[C@@H]1CCC[C@@H]1n1ccnc1)c1ccnc(-c2ncc[nH]2)c1. The molecular weight excluding hydrogens is 304 g/mol. The number of pyridine rings is 1. The first-order chi connectivity index (χ1) is 11.8. The van der Waals surface area contributed by atoms with Gasteiger partial charge in [0.15, 0.2) is 5.82 Å². The lowest BCUT2D eigenvalue weighted by molar-refractivity contribution is 0.0929. The minimum atomic E-state index is -0.0813. The van der Waals surface area contributed by atoms with Crippen LogP contribution in [-0.2, 0) is 0 Å². The molecule has 0 saturated heterocycles. The predicted octanol–water partition coefficient (Wildman–Crippen LogP) is 2.19. The molecule has 4 rings (SSSR count). The maximum Gasteiger partial charge on any atom is 0.251 e. The third kappa shape index (κ3) is 2.80. The number of hydrogen-bond acceptors (Lipinski definition) is 4. The number of nitrogens with zero attached hydrogens (tertiary/aromatic N) is 4. The van der Waals surface area contributed by atoms with Gasteiger partial charge in [0, 0.05) is 42.6 Å². The molecule has 2 atom stereocenters. The number of carbonyl (C=O) groups excluding carboxylic acids is 1. The second-order valence-corrected chi connectivity index (χ2v) is 5.96. The summed E-state index contributed by atoms with van der Waals surface area (Å²) in [5, 5.41) is 3.16. The molecule has 7 nitrogen and oxygen atoms in total. The van der Waals surface area contributed by atoms with Crippen LogP contribution in [0.15, 0.2) is 49.4 Å². The quantitative estimate of drug-likeness (QED) is 0.770. The van der Waals surface area contributed by atoms with Gasteiger partial charge < -0.3 is 14.9 Å². The van der Waals surface area contributed by atoms with Crippen LogP contribution in [0.3, 0.4) is 0 Å². The second kappa shape index (κ2) is 6.27. The van der Waals surface area contributed by atoms with Crippen LogP contribution in [-0.4, -0.2) is 36.5 Å². The molecular formula is C17H18N6O. The average molecular weight is 322 g/mol. The predicted molar refractivity (Wildman–Crippen MR) is 88.2 cm³/mol. The molecule has 1 aliphatic carbocycles. The fraction of sp³-hybridized carbons (Fsp3) is 0.294. The maximum absolute atomic E-state index is 12.6. The van der Waals surface area contributed by atoms with E-state index in [0.717, 1.165) is 19.3 Å². The molecule has 0 unspecified atom stereocenters. The number of nitrogens with one attached hydrogen (secondary N) is 2. The van der Waals surface area contributed by atoms with Crippen molar-refractivity contribution in [3.8, 4) is 11.5 Å². The van der Waals surface area contributed by atoms with Crippen LogP contribution < -0.4 is 5.32 Å². The number of aromatic nitrogens is 5. The van der Waals surface area contributed by atoms with Crippen molar-refractivity contribution in [3.63, 3.8) is 0 Å². The molecule has 0 spiro atoms. The summed E-state index contributed by atoms with van der Waals surface area (Å²) in [4.78, 5) is 28.2. The van der Waals surface area contributed by atoms with Gasteiger partial charge in [-0.25, -0.2) is 9.97 Å². The Kier molecular flexibility index (Phi) is 3.82. The van der Waals surface area contributed by atoms with E-state index in [9.17, 15) is 4.79 Å². The van der Waals surface area contributed by atoms with E-state index in [1.54, 1.807) is 36.9 Å².